The van der Waals surface area contributed by atoms with Crippen molar-refractivity contribution in [1.82, 2.24) is 0 Å². The standard InChI is InChI=1S/C16H18N2O2/c1-11-3-8-14(15(9-11)20-2)18-10-12-4-6-13(7-5-12)16(17)19/h3-9,18H,10H2,1-2H3,(H2,17,19). The molecule has 0 radical (unpaired) electrons. The third-order valence-electron chi connectivity index (χ3n) is 3.08. The fourth-order valence-electron chi connectivity index (χ4n) is 1.93. The second-order valence-electron chi connectivity index (χ2n) is 4.62. The van der Waals surface area contributed by atoms with Gasteiger partial charge in [-0.2, -0.15) is 0 Å². The van der Waals surface area contributed by atoms with Gasteiger partial charge in [0.05, 0.1) is 12.8 Å². The first kappa shape index (κ1) is 13.9. The van der Waals surface area contributed by atoms with E-state index in [4.69, 9.17) is 10.5 Å². The number of carbonyl (C=O) groups excluding carboxylic acids is 1. The highest BCUT2D eigenvalue weighted by atomic mass is 16.5. The van der Waals surface area contributed by atoms with Gasteiger partial charge < -0.3 is 15.8 Å². The molecule has 0 heterocycles. The Morgan fingerprint density at radius 3 is 2.50 bits per heavy atom. The summed E-state index contributed by atoms with van der Waals surface area (Å²) in [4.78, 5) is 11.0. The van der Waals surface area contributed by atoms with Crippen LogP contribution in [0.2, 0.25) is 0 Å². The molecule has 2 aromatic rings. The lowest BCUT2D eigenvalue weighted by Crippen LogP contribution is -2.10. The number of methoxy groups -OCH3 is 1. The van der Waals surface area contributed by atoms with E-state index in [2.05, 4.69) is 5.32 Å². The van der Waals surface area contributed by atoms with Crippen molar-refractivity contribution in [3.8, 4) is 5.75 Å². The topological polar surface area (TPSA) is 64.3 Å². The smallest absolute Gasteiger partial charge is 0.248 e. The molecule has 0 saturated heterocycles. The zero-order valence-electron chi connectivity index (χ0n) is 11.6. The van der Waals surface area contributed by atoms with Gasteiger partial charge in [0.1, 0.15) is 5.75 Å². The Kier molecular flexibility index (Phi) is 4.25. The molecule has 0 aliphatic rings. The van der Waals surface area contributed by atoms with Crippen molar-refractivity contribution in [3.63, 3.8) is 0 Å². The molecule has 4 heteroatoms. The van der Waals surface area contributed by atoms with Crippen LogP contribution >= 0.6 is 0 Å². The highest BCUT2D eigenvalue weighted by molar-refractivity contribution is 5.92. The Labute approximate surface area is 118 Å². The Balaban J connectivity index is 2.06. The molecule has 2 rings (SSSR count). The summed E-state index contributed by atoms with van der Waals surface area (Å²) in [6.45, 7) is 2.67. The van der Waals surface area contributed by atoms with Gasteiger partial charge in [0.25, 0.3) is 0 Å². The summed E-state index contributed by atoms with van der Waals surface area (Å²) >= 11 is 0. The molecule has 4 nitrogen and oxygen atoms in total. The van der Waals surface area contributed by atoms with Crippen molar-refractivity contribution in [2.45, 2.75) is 13.5 Å². The van der Waals surface area contributed by atoms with Crippen LogP contribution in [0, 0.1) is 6.92 Å². The summed E-state index contributed by atoms with van der Waals surface area (Å²) in [5.74, 6) is 0.406. The summed E-state index contributed by atoms with van der Waals surface area (Å²) in [5, 5.41) is 3.32. The maximum atomic E-state index is 11.0. The van der Waals surface area contributed by atoms with E-state index in [1.165, 1.54) is 0 Å². The number of nitrogens with one attached hydrogen (secondary N) is 1. The van der Waals surface area contributed by atoms with Crippen LogP contribution in [0.15, 0.2) is 42.5 Å². The van der Waals surface area contributed by atoms with Crippen LogP contribution in [-0.2, 0) is 6.54 Å². The molecule has 3 N–H and O–H groups in total. The molecule has 2 aromatic carbocycles. The number of primary amides is 1. The minimum atomic E-state index is -0.412. The van der Waals surface area contributed by atoms with E-state index in [-0.39, 0.29) is 0 Å². The quantitative estimate of drug-likeness (QED) is 0.878. The van der Waals surface area contributed by atoms with Crippen molar-refractivity contribution in [2.24, 2.45) is 5.73 Å². The van der Waals surface area contributed by atoms with Gasteiger partial charge in [0.2, 0.25) is 5.91 Å². The molecule has 0 aliphatic heterocycles. The molecule has 104 valence electrons. The third-order valence-corrected chi connectivity index (χ3v) is 3.08. The predicted molar refractivity (Wildman–Crippen MR) is 80.0 cm³/mol. The maximum Gasteiger partial charge on any atom is 0.248 e. The second-order valence-corrected chi connectivity index (χ2v) is 4.62. The summed E-state index contributed by atoms with van der Waals surface area (Å²) in [6, 6.07) is 13.2. The van der Waals surface area contributed by atoms with Crippen molar-refractivity contribution in [1.29, 1.82) is 0 Å². The monoisotopic (exact) mass is 270 g/mol. The van der Waals surface area contributed by atoms with Gasteiger partial charge in [0.15, 0.2) is 0 Å². The average molecular weight is 270 g/mol. The summed E-state index contributed by atoms with van der Waals surface area (Å²) < 4.78 is 5.34. The largest absolute Gasteiger partial charge is 0.495 e. The molecular formula is C16H18N2O2. The number of hydrogen-bond acceptors (Lipinski definition) is 3. The molecule has 1 amide bonds. The summed E-state index contributed by atoms with van der Waals surface area (Å²) in [6.07, 6.45) is 0. The van der Waals surface area contributed by atoms with E-state index in [9.17, 15) is 4.79 Å². The van der Waals surface area contributed by atoms with Crippen molar-refractivity contribution >= 4 is 11.6 Å². The SMILES string of the molecule is COc1cc(C)ccc1NCc1ccc(C(N)=O)cc1. The predicted octanol–water partition coefficient (Wildman–Crippen LogP) is 2.71. The zero-order chi connectivity index (χ0) is 14.5. The number of nitrogens with two attached hydrogens (primary N) is 1. The van der Waals surface area contributed by atoms with Crippen LogP contribution in [0.1, 0.15) is 21.5 Å². The lowest BCUT2D eigenvalue weighted by atomic mass is 10.1. The maximum absolute atomic E-state index is 11.0. The highest BCUT2D eigenvalue weighted by Gasteiger charge is 2.03. The minimum Gasteiger partial charge on any atom is -0.495 e. The average Bonchev–Trinajstić information content (AvgIpc) is 2.46. The fourth-order valence-corrected chi connectivity index (χ4v) is 1.93. The molecule has 0 spiro atoms. The minimum absolute atomic E-state index is 0.412. The Morgan fingerprint density at radius 1 is 1.20 bits per heavy atom. The van der Waals surface area contributed by atoms with Crippen LogP contribution in [-0.4, -0.2) is 13.0 Å². The number of anilines is 1. The van der Waals surface area contributed by atoms with E-state index in [0.29, 0.717) is 12.1 Å². The van der Waals surface area contributed by atoms with Gasteiger partial charge in [-0.3, -0.25) is 4.79 Å². The first-order chi connectivity index (χ1) is 9.60. The molecule has 0 saturated carbocycles. The van der Waals surface area contributed by atoms with Crippen LogP contribution in [0.4, 0.5) is 5.69 Å². The van der Waals surface area contributed by atoms with Gasteiger partial charge in [-0.05, 0) is 42.3 Å². The zero-order valence-corrected chi connectivity index (χ0v) is 11.6. The molecule has 0 aliphatic carbocycles. The third kappa shape index (κ3) is 3.29. The van der Waals surface area contributed by atoms with E-state index in [1.807, 2.05) is 37.3 Å². The van der Waals surface area contributed by atoms with E-state index >= 15 is 0 Å². The van der Waals surface area contributed by atoms with E-state index in [0.717, 1.165) is 22.6 Å². The number of carbonyl (C=O) groups is 1. The van der Waals surface area contributed by atoms with Crippen molar-refractivity contribution < 1.29 is 9.53 Å². The molecule has 0 atom stereocenters. The second kappa shape index (κ2) is 6.10. The van der Waals surface area contributed by atoms with Crippen LogP contribution in [0.3, 0.4) is 0 Å². The fraction of sp³-hybridized carbons (Fsp3) is 0.188. The first-order valence-corrected chi connectivity index (χ1v) is 6.37. The van der Waals surface area contributed by atoms with Gasteiger partial charge >= 0.3 is 0 Å². The van der Waals surface area contributed by atoms with E-state index in [1.54, 1.807) is 19.2 Å². The first-order valence-electron chi connectivity index (χ1n) is 6.37. The molecule has 20 heavy (non-hydrogen) atoms. The Hall–Kier alpha value is -2.49. The van der Waals surface area contributed by atoms with Crippen molar-refractivity contribution in [2.75, 3.05) is 12.4 Å². The number of hydrogen-bond donors (Lipinski definition) is 2. The number of rotatable bonds is 5. The molecule has 0 bridgehead atoms. The van der Waals surface area contributed by atoms with Crippen LogP contribution in [0.25, 0.3) is 0 Å². The molecule has 0 aromatic heterocycles. The summed E-state index contributed by atoms with van der Waals surface area (Å²) in [5.41, 5.74) is 8.89. The van der Waals surface area contributed by atoms with Gasteiger partial charge in [0, 0.05) is 12.1 Å². The highest BCUT2D eigenvalue weighted by Crippen LogP contribution is 2.25. The van der Waals surface area contributed by atoms with Gasteiger partial charge in [-0.25, -0.2) is 0 Å². The molecule has 0 fully saturated rings. The number of benzene rings is 2. The van der Waals surface area contributed by atoms with Crippen LogP contribution in [0.5, 0.6) is 5.75 Å². The number of amides is 1. The van der Waals surface area contributed by atoms with Gasteiger partial charge in [-0.1, -0.05) is 18.2 Å². The molecular weight excluding hydrogens is 252 g/mol. The Bertz CT molecular complexity index is 606. The lowest BCUT2D eigenvalue weighted by Gasteiger charge is -2.12. The lowest BCUT2D eigenvalue weighted by molar-refractivity contribution is 0.100. The van der Waals surface area contributed by atoms with Gasteiger partial charge in [-0.15, -0.1) is 0 Å². The normalized spacial score (nSPS) is 10.1. The summed E-state index contributed by atoms with van der Waals surface area (Å²) in [7, 11) is 1.65. The number of aryl methyl sites for hydroxylation is 1. The molecule has 0 unspecified atom stereocenters. The van der Waals surface area contributed by atoms with Crippen molar-refractivity contribution in [3.05, 3.63) is 59.2 Å². The van der Waals surface area contributed by atoms with Crippen LogP contribution < -0.4 is 15.8 Å². The Morgan fingerprint density at radius 2 is 1.90 bits per heavy atom. The van der Waals surface area contributed by atoms with E-state index < -0.39 is 5.91 Å². The number of ether oxygens (including phenoxy) is 1.